The summed E-state index contributed by atoms with van der Waals surface area (Å²) in [6.45, 7) is 12.5. The summed E-state index contributed by atoms with van der Waals surface area (Å²) in [6, 6.07) is 0. The molecule has 0 N–H and O–H groups in total. The third kappa shape index (κ3) is 3.08. The van der Waals surface area contributed by atoms with E-state index in [1.165, 1.54) is 25.3 Å². The van der Waals surface area contributed by atoms with Crippen molar-refractivity contribution >= 4 is 11.9 Å². The minimum atomic E-state index is -0.170. The predicted molar refractivity (Wildman–Crippen MR) is 112 cm³/mol. The Morgan fingerprint density at radius 1 is 0.862 bits per heavy atom. The lowest BCUT2D eigenvalue weighted by Gasteiger charge is -2.61. The summed E-state index contributed by atoms with van der Waals surface area (Å²) in [5.41, 5.74) is 1.71. The summed E-state index contributed by atoms with van der Waals surface area (Å²) in [7, 11) is 0. The minimum absolute atomic E-state index is 0.0236. The lowest BCUT2D eigenvalue weighted by atomic mass is 9.45. The highest BCUT2D eigenvalue weighted by Gasteiger charge is 2.61. The molecule has 0 aromatic carbocycles. The van der Waals surface area contributed by atoms with E-state index in [0.717, 1.165) is 32.1 Å². The van der Waals surface area contributed by atoms with Gasteiger partial charge in [-0.15, -0.1) is 0 Å². The quantitative estimate of drug-likeness (QED) is 0.455. The molecule has 3 fully saturated rings. The van der Waals surface area contributed by atoms with Gasteiger partial charge < -0.3 is 9.47 Å². The lowest BCUT2D eigenvalue weighted by Crippen LogP contribution is -2.55. The molecule has 7 atom stereocenters. The molecule has 29 heavy (non-hydrogen) atoms. The van der Waals surface area contributed by atoms with Crippen LogP contribution in [0.4, 0.5) is 0 Å². The van der Waals surface area contributed by atoms with Crippen LogP contribution in [0.3, 0.4) is 0 Å². The molecule has 162 valence electrons. The van der Waals surface area contributed by atoms with Gasteiger partial charge in [0.05, 0.1) is 0 Å². The molecule has 0 aromatic rings. The van der Waals surface area contributed by atoms with E-state index < -0.39 is 0 Å². The SMILES string of the molecule is CC(=O)O[C@H]1CC[C@]2(C)C(=CC[C@H]3[C@H]4CC[C@H](OC(C)=O)[C@]4(C)CC[C@@H]32)C1(C)C. The number of carbonyl (C=O) groups excluding carboxylic acids is 2. The van der Waals surface area contributed by atoms with Crippen molar-refractivity contribution in [2.24, 2.45) is 34.0 Å². The van der Waals surface area contributed by atoms with Crippen molar-refractivity contribution < 1.29 is 19.1 Å². The maximum absolute atomic E-state index is 11.7. The van der Waals surface area contributed by atoms with Crippen molar-refractivity contribution in [2.45, 2.75) is 98.7 Å². The zero-order valence-electron chi connectivity index (χ0n) is 19.0. The third-order valence-electron chi connectivity index (χ3n) is 9.42. The van der Waals surface area contributed by atoms with E-state index in [9.17, 15) is 9.59 Å². The average Bonchev–Trinajstić information content (AvgIpc) is 2.93. The van der Waals surface area contributed by atoms with Crippen LogP contribution in [0.25, 0.3) is 0 Å². The lowest BCUT2D eigenvalue weighted by molar-refractivity contribution is -0.160. The third-order valence-corrected chi connectivity index (χ3v) is 9.42. The van der Waals surface area contributed by atoms with E-state index in [1.54, 1.807) is 6.92 Å². The zero-order chi connectivity index (χ0) is 21.2. The Balaban J connectivity index is 1.63. The molecule has 4 rings (SSSR count). The van der Waals surface area contributed by atoms with E-state index in [0.29, 0.717) is 17.8 Å². The van der Waals surface area contributed by atoms with Gasteiger partial charge in [-0.05, 0) is 68.1 Å². The van der Waals surface area contributed by atoms with Crippen molar-refractivity contribution in [3.05, 3.63) is 11.6 Å². The second-order valence-corrected chi connectivity index (χ2v) is 11.2. The summed E-state index contributed by atoms with van der Waals surface area (Å²) in [5.74, 6) is 1.67. The molecule has 4 nitrogen and oxygen atoms in total. The monoisotopic (exact) mass is 402 g/mol. The maximum atomic E-state index is 11.7. The van der Waals surface area contributed by atoms with Crippen molar-refractivity contribution in [3.63, 3.8) is 0 Å². The first-order valence-corrected chi connectivity index (χ1v) is 11.6. The number of carbonyl (C=O) groups is 2. The molecule has 0 saturated heterocycles. The van der Waals surface area contributed by atoms with Gasteiger partial charge in [0, 0.05) is 24.7 Å². The van der Waals surface area contributed by atoms with Crippen LogP contribution in [0.1, 0.15) is 86.5 Å². The summed E-state index contributed by atoms with van der Waals surface area (Å²) in [6.07, 6.45) is 10.3. The van der Waals surface area contributed by atoms with Crippen LogP contribution in [-0.4, -0.2) is 24.1 Å². The standard InChI is InChI=1S/C25H38O4/c1-15(26)28-21-12-14-24(5)19-11-13-25(6)18(8-10-22(25)29-16(2)27)17(19)7-9-20(24)23(21,3)4/h9,17-19,21-22H,7-8,10-14H2,1-6H3/t17-,18+,19-,21-,22-,24-,25+/m0/s1. The molecule has 3 saturated carbocycles. The summed E-state index contributed by atoms with van der Waals surface area (Å²) in [5, 5.41) is 0. The van der Waals surface area contributed by atoms with E-state index in [2.05, 4.69) is 33.8 Å². The first-order valence-electron chi connectivity index (χ1n) is 11.6. The van der Waals surface area contributed by atoms with E-state index in [-0.39, 0.29) is 40.4 Å². The number of rotatable bonds is 2. The molecule has 0 aliphatic heterocycles. The van der Waals surface area contributed by atoms with Crippen molar-refractivity contribution in [2.75, 3.05) is 0 Å². The van der Waals surface area contributed by atoms with Crippen LogP contribution in [0.5, 0.6) is 0 Å². The molecule has 0 amide bonds. The Morgan fingerprint density at radius 3 is 2.17 bits per heavy atom. The van der Waals surface area contributed by atoms with E-state index >= 15 is 0 Å². The minimum Gasteiger partial charge on any atom is -0.462 e. The Morgan fingerprint density at radius 2 is 1.52 bits per heavy atom. The summed E-state index contributed by atoms with van der Waals surface area (Å²) in [4.78, 5) is 23.3. The van der Waals surface area contributed by atoms with E-state index in [1.807, 2.05) is 0 Å². The second-order valence-electron chi connectivity index (χ2n) is 11.2. The average molecular weight is 403 g/mol. The predicted octanol–water partition coefficient (Wildman–Crippen LogP) is 5.45. The van der Waals surface area contributed by atoms with Crippen LogP contribution in [0, 0.1) is 34.0 Å². The van der Waals surface area contributed by atoms with Gasteiger partial charge in [0.25, 0.3) is 0 Å². The molecule has 4 aliphatic carbocycles. The number of allylic oxidation sites excluding steroid dienone is 1. The molecule has 4 heteroatoms. The highest BCUT2D eigenvalue weighted by molar-refractivity contribution is 5.66. The highest BCUT2D eigenvalue weighted by atomic mass is 16.5. The Bertz CT molecular complexity index is 737. The largest absolute Gasteiger partial charge is 0.462 e. The number of hydrogen-bond donors (Lipinski definition) is 0. The topological polar surface area (TPSA) is 52.6 Å². The van der Waals surface area contributed by atoms with Crippen LogP contribution in [0.2, 0.25) is 0 Å². The fourth-order valence-electron chi connectivity index (χ4n) is 8.13. The van der Waals surface area contributed by atoms with Crippen molar-refractivity contribution in [1.29, 1.82) is 0 Å². The van der Waals surface area contributed by atoms with Gasteiger partial charge in [0.1, 0.15) is 12.2 Å². The fraction of sp³-hybridized carbons (Fsp3) is 0.840. The Hall–Kier alpha value is -1.32. The first kappa shape index (κ1) is 20.9. The molecule has 0 aromatic heterocycles. The fourth-order valence-corrected chi connectivity index (χ4v) is 8.13. The molecule has 4 aliphatic rings. The van der Waals surface area contributed by atoms with E-state index in [4.69, 9.17) is 9.47 Å². The van der Waals surface area contributed by atoms with Crippen LogP contribution < -0.4 is 0 Å². The molecule has 0 spiro atoms. The summed E-state index contributed by atoms with van der Waals surface area (Å²) >= 11 is 0. The number of ether oxygens (including phenoxy) is 2. The van der Waals surface area contributed by atoms with Crippen molar-refractivity contribution in [3.8, 4) is 0 Å². The van der Waals surface area contributed by atoms with Gasteiger partial charge in [-0.1, -0.05) is 39.3 Å². The van der Waals surface area contributed by atoms with Gasteiger partial charge >= 0.3 is 11.9 Å². The van der Waals surface area contributed by atoms with Gasteiger partial charge in [0.15, 0.2) is 0 Å². The highest BCUT2D eigenvalue weighted by Crippen LogP contribution is 2.67. The van der Waals surface area contributed by atoms with Gasteiger partial charge in [-0.3, -0.25) is 9.59 Å². The number of esters is 2. The molecule has 0 radical (unpaired) electrons. The molecular formula is C25H38O4. The van der Waals surface area contributed by atoms with Crippen LogP contribution >= 0.6 is 0 Å². The molecule has 0 bridgehead atoms. The molecule has 0 unspecified atom stereocenters. The smallest absolute Gasteiger partial charge is 0.302 e. The Kier molecular flexibility index (Phi) is 4.94. The summed E-state index contributed by atoms with van der Waals surface area (Å²) < 4.78 is 11.5. The first-order chi connectivity index (χ1) is 13.5. The number of fused-ring (bicyclic) bond motifs is 5. The van der Waals surface area contributed by atoms with Gasteiger partial charge in [-0.2, -0.15) is 0 Å². The van der Waals surface area contributed by atoms with Gasteiger partial charge in [-0.25, -0.2) is 0 Å². The van der Waals surface area contributed by atoms with Gasteiger partial charge in [0.2, 0.25) is 0 Å². The molecular weight excluding hydrogens is 364 g/mol. The zero-order valence-corrected chi connectivity index (χ0v) is 19.0. The normalized spacial score (nSPS) is 45.3. The van der Waals surface area contributed by atoms with Crippen molar-refractivity contribution in [1.82, 2.24) is 0 Å². The maximum Gasteiger partial charge on any atom is 0.302 e. The van der Waals surface area contributed by atoms with Crippen LogP contribution in [0.15, 0.2) is 11.6 Å². The second kappa shape index (κ2) is 6.85. The molecule has 0 heterocycles. The van der Waals surface area contributed by atoms with Crippen LogP contribution in [-0.2, 0) is 19.1 Å². The number of hydrogen-bond acceptors (Lipinski definition) is 4. The Labute approximate surface area is 175 Å².